The molecule has 0 saturated carbocycles. The number of methoxy groups -OCH3 is 1. The number of amides is 2. The lowest BCUT2D eigenvalue weighted by Gasteiger charge is -2.17. The van der Waals surface area contributed by atoms with E-state index >= 15 is 0 Å². The fourth-order valence-electron chi connectivity index (χ4n) is 4.66. The summed E-state index contributed by atoms with van der Waals surface area (Å²) in [5.74, 6) is 0.791. The van der Waals surface area contributed by atoms with Crippen molar-refractivity contribution >= 4 is 57.8 Å². The van der Waals surface area contributed by atoms with Crippen molar-refractivity contribution in [2.45, 2.75) is 20.5 Å². The van der Waals surface area contributed by atoms with Crippen LogP contribution in [0.25, 0.3) is 6.08 Å². The lowest BCUT2D eigenvalue weighted by Crippen LogP contribution is -2.31. The van der Waals surface area contributed by atoms with Crippen LogP contribution in [0.15, 0.2) is 95.6 Å². The highest BCUT2D eigenvalue weighted by molar-refractivity contribution is 8.14. The lowest BCUT2D eigenvalue weighted by atomic mass is 10.1. The van der Waals surface area contributed by atoms with Crippen LogP contribution in [0.3, 0.4) is 0 Å². The minimum atomic E-state index is -0.308. The Morgan fingerprint density at radius 2 is 1.76 bits per heavy atom. The molecule has 4 aromatic rings. The predicted molar refractivity (Wildman–Crippen MR) is 180 cm³/mol. The van der Waals surface area contributed by atoms with E-state index in [-0.39, 0.29) is 29.9 Å². The van der Waals surface area contributed by atoms with Crippen molar-refractivity contribution in [1.82, 2.24) is 0 Å². The molecule has 0 fully saturated rings. The normalized spacial score (nSPS) is 13.4. The Morgan fingerprint density at radius 3 is 2.42 bits per heavy atom. The summed E-state index contributed by atoms with van der Waals surface area (Å²) in [5.41, 5.74) is 5.34. The number of aliphatic imine (C=N–C) groups is 1. The molecular weight excluding hydrogens is 608 g/mol. The second-order valence-electron chi connectivity index (χ2n) is 10.2. The van der Waals surface area contributed by atoms with Crippen molar-refractivity contribution < 1.29 is 19.1 Å². The van der Waals surface area contributed by atoms with Crippen LogP contribution in [0.5, 0.6) is 11.5 Å². The maximum atomic E-state index is 13.7. The van der Waals surface area contributed by atoms with Crippen molar-refractivity contribution in [2.24, 2.45) is 4.99 Å². The number of rotatable bonds is 9. The Bertz CT molecular complexity index is 1830. The third kappa shape index (κ3) is 7.55. The first-order valence-corrected chi connectivity index (χ1v) is 15.3. The number of hydrogen-bond acceptors (Lipinski definition) is 7. The summed E-state index contributed by atoms with van der Waals surface area (Å²) in [6.45, 7) is 4.10. The quantitative estimate of drug-likeness (QED) is 0.190. The first kappa shape index (κ1) is 31.4. The van der Waals surface area contributed by atoms with E-state index in [9.17, 15) is 9.59 Å². The largest absolute Gasteiger partial charge is 0.496 e. The third-order valence-electron chi connectivity index (χ3n) is 6.89. The van der Waals surface area contributed by atoms with E-state index in [4.69, 9.17) is 26.3 Å². The molecule has 0 saturated heterocycles. The number of ether oxygens (including phenoxy) is 2. The van der Waals surface area contributed by atoms with Crippen LogP contribution in [0.2, 0.25) is 5.02 Å². The molecule has 8 nitrogen and oxygen atoms in total. The smallest absolute Gasteiger partial charge is 0.283 e. The molecule has 0 radical (unpaired) electrons. The minimum absolute atomic E-state index is 0.0242. The van der Waals surface area contributed by atoms with Crippen molar-refractivity contribution in [3.05, 3.63) is 123 Å². The second-order valence-corrected chi connectivity index (χ2v) is 11.5. The summed E-state index contributed by atoms with van der Waals surface area (Å²) >= 11 is 7.47. The van der Waals surface area contributed by atoms with Gasteiger partial charge in [-0.25, -0.2) is 4.99 Å². The molecule has 0 spiro atoms. The zero-order chi connectivity index (χ0) is 31.9. The van der Waals surface area contributed by atoms with Gasteiger partial charge in [-0.2, -0.15) is 5.26 Å². The van der Waals surface area contributed by atoms with E-state index < -0.39 is 0 Å². The lowest BCUT2D eigenvalue weighted by molar-refractivity contribution is -0.114. The number of hydrogen-bond donors (Lipinski definition) is 1. The Kier molecular flexibility index (Phi) is 9.88. The Morgan fingerprint density at radius 1 is 1.04 bits per heavy atom. The zero-order valence-corrected chi connectivity index (χ0v) is 26.4. The average Bonchev–Trinajstić information content (AvgIpc) is 3.36. The summed E-state index contributed by atoms with van der Waals surface area (Å²) in [4.78, 5) is 32.6. The average molecular weight is 637 g/mol. The monoisotopic (exact) mass is 636 g/mol. The number of nitriles is 1. The van der Waals surface area contributed by atoms with Crippen LogP contribution in [0.1, 0.15) is 27.8 Å². The van der Waals surface area contributed by atoms with Crippen LogP contribution in [0, 0.1) is 25.2 Å². The van der Waals surface area contributed by atoms with Crippen LogP contribution < -0.4 is 19.7 Å². The van der Waals surface area contributed by atoms with Crippen LogP contribution >= 0.6 is 23.4 Å². The highest BCUT2D eigenvalue weighted by Gasteiger charge is 2.32. The number of nitrogens with one attached hydrogen (secondary N) is 1. The number of nitrogens with zero attached hydrogens (tertiary/aromatic N) is 3. The summed E-state index contributed by atoms with van der Waals surface area (Å²) < 4.78 is 11.6. The van der Waals surface area contributed by atoms with E-state index in [1.807, 2.05) is 74.5 Å². The van der Waals surface area contributed by atoms with Crippen LogP contribution in [-0.2, 0) is 16.2 Å². The number of anilines is 2. The highest BCUT2D eigenvalue weighted by atomic mass is 35.5. The molecule has 226 valence electrons. The number of thioether (sulfide) groups is 1. The fourth-order valence-corrected chi connectivity index (χ4v) is 5.58. The predicted octanol–water partition coefficient (Wildman–Crippen LogP) is 7.53. The van der Waals surface area contributed by atoms with Gasteiger partial charge < -0.3 is 14.8 Å². The molecule has 45 heavy (non-hydrogen) atoms. The first-order chi connectivity index (χ1) is 21.7. The van der Waals surface area contributed by atoms with E-state index in [0.29, 0.717) is 38.6 Å². The Labute approximate surface area is 270 Å². The maximum absolute atomic E-state index is 13.7. The second kappa shape index (κ2) is 14.2. The van der Waals surface area contributed by atoms with Crippen molar-refractivity contribution in [3.8, 4) is 17.6 Å². The van der Waals surface area contributed by atoms with Crippen molar-refractivity contribution in [1.29, 1.82) is 5.26 Å². The molecule has 0 aromatic heterocycles. The molecule has 4 aromatic carbocycles. The SMILES string of the molecule is COc1ccc(/C=C2/N=C(SCC(=O)Nc3ccc(C#N)cc3)N(c3ccccc3)C2=O)cc1COc1cc(C)c(Cl)c(C)c1. The summed E-state index contributed by atoms with van der Waals surface area (Å²) in [7, 11) is 1.59. The van der Waals surface area contributed by atoms with Crippen LogP contribution in [0.4, 0.5) is 11.4 Å². The highest BCUT2D eigenvalue weighted by Crippen LogP contribution is 2.31. The van der Waals surface area contributed by atoms with Crippen molar-refractivity contribution in [2.75, 3.05) is 23.1 Å². The molecule has 0 aliphatic carbocycles. The van der Waals surface area contributed by atoms with E-state index in [1.165, 1.54) is 4.90 Å². The van der Waals surface area contributed by atoms with E-state index in [2.05, 4.69) is 16.4 Å². The Balaban J connectivity index is 1.37. The van der Waals surface area contributed by atoms with Gasteiger partial charge in [0, 0.05) is 16.3 Å². The summed E-state index contributed by atoms with van der Waals surface area (Å²) in [6, 6.07) is 27.2. The number of halogens is 1. The van der Waals surface area contributed by atoms with Gasteiger partial charge in [0.2, 0.25) is 5.91 Å². The summed E-state index contributed by atoms with van der Waals surface area (Å²) in [6.07, 6.45) is 1.71. The van der Waals surface area contributed by atoms with Gasteiger partial charge in [-0.05, 0) is 97.3 Å². The van der Waals surface area contributed by atoms with E-state index in [0.717, 1.165) is 34.0 Å². The van der Waals surface area contributed by atoms with Crippen LogP contribution in [-0.4, -0.2) is 29.8 Å². The fraction of sp³-hybridized carbons (Fsp3) is 0.143. The molecule has 0 unspecified atom stereocenters. The Hall–Kier alpha value is -5.04. The number of para-hydroxylation sites is 1. The molecule has 1 heterocycles. The number of carbonyl (C=O) groups excluding carboxylic acids is 2. The summed E-state index contributed by atoms with van der Waals surface area (Å²) in [5, 5.41) is 12.9. The number of carbonyl (C=O) groups is 2. The van der Waals surface area contributed by atoms with Gasteiger partial charge in [0.05, 0.1) is 30.2 Å². The maximum Gasteiger partial charge on any atom is 0.283 e. The number of amidine groups is 1. The topological polar surface area (TPSA) is 104 Å². The number of aryl methyl sites for hydroxylation is 2. The molecule has 1 N–H and O–H groups in total. The molecule has 2 amide bonds. The van der Waals surface area contributed by atoms with Gasteiger partial charge in [0.25, 0.3) is 5.91 Å². The van der Waals surface area contributed by atoms with Crippen molar-refractivity contribution in [3.63, 3.8) is 0 Å². The standard InChI is InChI=1S/C35H29ClN4O4S/c1-22-15-29(16-23(2)33(22)36)44-20-26-17-25(11-14-31(26)43-3)18-30-34(42)40(28-7-5-4-6-8-28)35(39-30)45-21-32(41)38-27-12-9-24(19-37)10-13-27/h4-18H,20-21H2,1-3H3,(H,38,41)/b30-18+. The molecule has 0 atom stereocenters. The number of benzene rings is 4. The third-order valence-corrected chi connectivity index (χ3v) is 8.42. The minimum Gasteiger partial charge on any atom is -0.496 e. The first-order valence-electron chi connectivity index (χ1n) is 13.9. The molecule has 1 aliphatic heterocycles. The molecule has 0 bridgehead atoms. The van der Waals surface area contributed by atoms with Gasteiger partial charge in [0.1, 0.15) is 23.8 Å². The van der Waals surface area contributed by atoms with Gasteiger partial charge in [-0.3, -0.25) is 14.5 Å². The van der Waals surface area contributed by atoms with Gasteiger partial charge in [-0.15, -0.1) is 0 Å². The molecule has 10 heteroatoms. The zero-order valence-electron chi connectivity index (χ0n) is 24.8. The van der Waals surface area contributed by atoms with Gasteiger partial charge >= 0.3 is 0 Å². The van der Waals surface area contributed by atoms with E-state index in [1.54, 1.807) is 37.5 Å². The molecule has 5 rings (SSSR count). The molecule has 1 aliphatic rings. The van der Waals surface area contributed by atoms with Gasteiger partial charge in [0.15, 0.2) is 5.17 Å². The molecular formula is C35H29ClN4O4S. The van der Waals surface area contributed by atoms with Gasteiger partial charge in [-0.1, -0.05) is 47.6 Å².